The van der Waals surface area contributed by atoms with Gasteiger partial charge in [-0.1, -0.05) is 6.92 Å². The first-order chi connectivity index (χ1) is 10.0. The Balaban J connectivity index is 1.90. The Bertz CT molecular complexity index is 424. The lowest BCUT2D eigenvalue weighted by Gasteiger charge is -2.34. The van der Waals surface area contributed by atoms with E-state index in [4.69, 9.17) is 5.11 Å². The summed E-state index contributed by atoms with van der Waals surface area (Å²) in [6.45, 7) is 4.04. The summed E-state index contributed by atoms with van der Waals surface area (Å²) in [7, 11) is 0. The Morgan fingerprint density at radius 3 is 2.38 bits per heavy atom. The first kappa shape index (κ1) is 15.8. The average molecular weight is 296 g/mol. The van der Waals surface area contributed by atoms with Crippen LogP contribution in [0.1, 0.15) is 39.0 Å². The molecule has 0 saturated carbocycles. The molecule has 0 aromatic carbocycles. The number of aliphatic carboxylic acids is 1. The van der Waals surface area contributed by atoms with Crippen molar-refractivity contribution in [3.63, 3.8) is 0 Å². The van der Waals surface area contributed by atoms with Crippen molar-refractivity contribution >= 4 is 17.8 Å². The van der Waals surface area contributed by atoms with Gasteiger partial charge < -0.3 is 14.9 Å². The molecule has 2 fully saturated rings. The van der Waals surface area contributed by atoms with Crippen LogP contribution in [0.15, 0.2) is 0 Å². The minimum absolute atomic E-state index is 0.0211. The molecule has 118 valence electrons. The zero-order chi connectivity index (χ0) is 15.4. The zero-order valence-electron chi connectivity index (χ0n) is 12.6. The van der Waals surface area contributed by atoms with Gasteiger partial charge in [0, 0.05) is 32.6 Å². The molecule has 0 aromatic heterocycles. The van der Waals surface area contributed by atoms with E-state index in [-0.39, 0.29) is 17.7 Å². The van der Waals surface area contributed by atoms with Gasteiger partial charge in [0.1, 0.15) is 0 Å². The van der Waals surface area contributed by atoms with Gasteiger partial charge in [-0.3, -0.25) is 14.4 Å². The number of carboxylic acids is 1. The molecule has 2 heterocycles. The van der Waals surface area contributed by atoms with Crippen LogP contribution in [0.25, 0.3) is 0 Å². The molecule has 0 aliphatic carbocycles. The van der Waals surface area contributed by atoms with Crippen LogP contribution >= 0.6 is 0 Å². The normalized spacial score (nSPS) is 26.0. The fraction of sp³-hybridized carbons (Fsp3) is 0.800. The highest BCUT2D eigenvalue weighted by Gasteiger charge is 2.36. The summed E-state index contributed by atoms with van der Waals surface area (Å²) >= 11 is 0. The van der Waals surface area contributed by atoms with E-state index in [9.17, 15) is 14.4 Å². The van der Waals surface area contributed by atoms with Crippen molar-refractivity contribution < 1.29 is 19.5 Å². The van der Waals surface area contributed by atoms with Crippen LogP contribution in [0.4, 0.5) is 0 Å². The SMILES string of the molecule is CCCC(=O)N1CCCC(C(=O)N2CCC(C(=O)O)C2)C1. The molecule has 0 aromatic rings. The molecule has 2 unspecified atom stereocenters. The number of carbonyl (C=O) groups is 3. The third-order valence-electron chi connectivity index (χ3n) is 4.44. The smallest absolute Gasteiger partial charge is 0.308 e. The average Bonchev–Trinajstić information content (AvgIpc) is 2.97. The molecule has 2 aliphatic rings. The third kappa shape index (κ3) is 3.74. The number of piperidine rings is 1. The number of carboxylic acid groups (broad SMARTS) is 1. The zero-order valence-corrected chi connectivity index (χ0v) is 12.6. The van der Waals surface area contributed by atoms with Gasteiger partial charge >= 0.3 is 5.97 Å². The summed E-state index contributed by atoms with van der Waals surface area (Å²) in [5, 5.41) is 9.01. The Labute approximate surface area is 125 Å². The molecule has 1 N–H and O–H groups in total. The van der Waals surface area contributed by atoms with E-state index in [0.717, 1.165) is 25.8 Å². The summed E-state index contributed by atoms with van der Waals surface area (Å²) in [5.74, 6) is -1.27. The van der Waals surface area contributed by atoms with Crippen molar-refractivity contribution in [3.8, 4) is 0 Å². The van der Waals surface area contributed by atoms with E-state index in [1.54, 1.807) is 9.80 Å². The highest BCUT2D eigenvalue weighted by atomic mass is 16.4. The van der Waals surface area contributed by atoms with E-state index < -0.39 is 11.9 Å². The Morgan fingerprint density at radius 1 is 1.05 bits per heavy atom. The molecular weight excluding hydrogens is 272 g/mol. The Kier molecular flexibility index (Phi) is 5.20. The topological polar surface area (TPSA) is 77.9 Å². The molecule has 0 spiro atoms. The fourth-order valence-corrected chi connectivity index (χ4v) is 3.20. The summed E-state index contributed by atoms with van der Waals surface area (Å²) in [6, 6.07) is 0. The van der Waals surface area contributed by atoms with Crippen molar-refractivity contribution in [2.24, 2.45) is 11.8 Å². The van der Waals surface area contributed by atoms with Gasteiger partial charge in [-0.05, 0) is 25.7 Å². The van der Waals surface area contributed by atoms with Gasteiger partial charge in [0.25, 0.3) is 0 Å². The quantitative estimate of drug-likeness (QED) is 0.838. The van der Waals surface area contributed by atoms with Crippen LogP contribution in [0.5, 0.6) is 0 Å². The van der Waals surface area contributed by atoms with Gasteiger partial charge in [0.05, 0.1) is 11.8 Å². The number of likely N-dealkylation sites (tertiary alicyclic amines) is 2. The van der Waals surface area contributed by atoms with E-state index >= 15 is 0 Å². The monoisotopic (exact) mass is 296 g/mol. The summed E-state index contributed by atoms with van der Waals surface area (Å²) < 4.78 is 0. The molecule has 2 rings (SSSR count). The fourth-order valence-electron chi connectivity index (χ4n) is 3.20. The predicted molar refractivity (Wildman–Crippen MR) is 76.5 cm³/mol. The molecule has 2 aliphatic heterocycles. The third-order valence-corrected chi connectivity index (χ3v) is 4.44. The summed E-state index contributed by atoms with van der Waals surface area (Å²) in [5.41, 5.74) is 0. The van der Waals surface area contributed by atoms with Crippen LogP contribution in [-0.2, 0) is 14.4 Å². The molecule has 6 nitrogen and oxygen atoms in total. The molecular formula is C15H24N2O4. The number of hydrogen-bond donors (Lipinski definition) is 1. The van der Waals surface area contributed by atoms with Crippen molar-refractivity contribution in [2.45, 2.75) is 39.0 Å². The van der Waals surface area contributed by atoms with Crippen LogP contribution in [0.3, 0.4) is 0 Å². The molecule has 0 bridgehead atoms. The molecule has 0 radical (unpaired) electrons. The minimum atomic E-state index is -0.825. The number of carbonyl (C=O) groups excluding carboxylic acids is 2. The lowest BCUT2D eigenvalue weighted by molar-refractivity contribution is -0.142. The summed E-state index contributed by atoms with van der Waals surface area (Å²) in [4.78, 5) is 38.9. The molecule has 2 atom stereocenters. The van der Waals surface area contributed by atoms with Crippen molar-refractivity contribution in [1.29, 1.82) is 0 Å². The van der Waals surface area contributed by atoms with Crippen molar-refractivity contribution in [3.05, 3.63) is 0 Å². The summed E-state index contributed by atoms with van der Waals surface area (Å²) in [6.07, 6.45) is 3.53. The lowest BCUT2D eigenvalue weighted by Crippen LogP contribution is -2.46. The van der Waals surface area contributed by atoms with Crippen molar-refractivity contribution in [1.82, 2.24) is 9.80 Å². The van der Waals surface area contributed by atoms with Gasteiger partial charge in [0.15, 0.2) is 0 Å². The maximum absolute atomic E-state index is 12.5. The highest BCUT2D eigenvalue weighted by molar-refractivity contribution is 5.82. The van der Waals surface area contributed by atoms with Crippen molar-refractivity contribution in [2.75, 3.05) is 26.2 Å². The maximum Gasteiger partial charge on any atom is 0.308 e. The van der Waals surface area contributed by atoms with Crippen LogP contribution in [0, 0.1) is 11.8 Å². The second kappa shape index (κ2) is 6.91. The van der Waals surface area contributed by atoms with Gasteiger partial charge in [-0.15, -0.1) is 0 Å². The number of nitrogens with zero attached hydrogens (tertiary/aromatic N) is 2. The van der Waals surface area contributed by atoms with Gasteiger partial charge in [-0.25, -0.2) is 0 Å². The number of amides is 2. The molecule has 6 heteroatoms. The van der Waals surface area contributed by atoms with Crippen LogP contribution in [0.2, 0.25) is 0 Å². The highest BCUT2D eigenvalue weighted by Crippen LogP contribution is 2.24. The van der Waals surface area contributed by atoms with Gasteiger partial charge in [0.2, 0.25) is 11.8 Å². The predicted octanol–water partition coefficient (Wildman–Crippen LogP) is 0.958. The molecule has 21 heavy (non-hydrogen) atoms. The second-order valence-electron chi connectivity index (χ2n) is 6.04. The van der Waals surface area contributed by atoms with E-state index in [2.05, 4.69) is 0 Å². The second-order valence-corrected chi connectivity index (χ2v) is 6.04. The number of rotatable bonds is 4. The Hall–Kier alpha value is -1.59. The van der Waals surface area contributed by atoms with Crippen LogP contribution < -0.4 is 0 Å². The largest absolute Gasteiger partial charge is 0.481 e. The minimum Gasteiger partial charge on any atom is -0.481 e. The first-order valence-corrected chi connectivity index (χ1v) is 7.82. The van der Waals surface area contributed by atoms with Gasteiger partial charge in [-0.2, -0.15) is 0 Å². The lowest BCUT2D eigenvalue weighted by atomic mass is 9.96. The van der Waals surface area contributed by atoms with Crippen LogP contribution in [-0.4, -0.2) is 58.9 Å². The van der Waals surface area contributed by atoms with E-state index in [1.165, 1.54) is 0 Å². The molecule has 2 amide bonds. The maximum atomic E-state index is 12.5. The Morgan fingerprint density at radius 2 is 1.76 bits per heavy atom. The number of hydrogen-bond acceptors (Lipinski definition) is 3. The van der Waals surface area contributed by atoms with E-state index in [1.807, 2.05) is 6.92 Å². The standard InChI is InChI=1S/C15H24N2O4/c1-2-4-13(18)16-7-3-5-11(9-16)14(19)17-8-6-12(10-17)15(20)21/h11-12H,2-10H2,1H3,(H,20,21). The molecule has 2 saturated heterocycles. The van der Waals surface area contributed by atoms with E-state index in [0.29, 0.717) is 32.5 Å². The first-order valence-electron chi connectivity index (χ1n) is 7.82.